The van der Waals surface area contributed by atoms with E-state index in [1.165, 1.54) is 0 Å². The number of hydrogen-bond donors (Lipinski definition) is 2. The SMILES string of the molecule is CC(N)CCNC(=O)COc1ccc2cc(Br)ccc2c1. The van der Waals surface area contributed by atoms with Crippen molar-refractivity contribution in [2.75, 3.05) is 13.2 Å². The number of nitrogens with two attached hydrogens (primary N) is 1. The van der Waals surface area contributed by atoms with E-state index < -0.39 is 0 Å². The molecule has 1 unspecified atom stereocenters. The summed E-state index contributed by atoms with van der Waals surface area (Å²) >= 11 is 3.44. The summed E-state index contributed by atoms with van der Waals surface area (Å²) in [6, 6.07) is 11.9. The second kappa shape index (κ2) is 7.43. The molecule has 1 amide bonds. The van der Waals surface area contributed by atoms with Crippen LogP contribution in [-0.4, -0.2) is 25.1 Å². The molecule has 0 aliphatic carbocycles. The quantitative estimate of drug-likeness (QED) is 0.841. The predicted molar refractivity (Wildman–Crippen MR) is 88.4 cm³/mol. The van der Waals surface area contributed by atoms with E-state index in [1.807, 2.05) is 43.3 Å². The van der Waals surface area contributed by atoms with Crippen molar-refractivity contribution in [1.29, 1.82) is 0 Å². The Morgan fingerprint density at radius 3 is 2.76 bits per heavy atom. The summed E-state index contributed by atoms with van der Waals surface area (Å²) in [6.07, 6.45) is 0.761. The van der Waals surface area contributed by atoms with Crippen molar-refractivity contribution in [3.05, 3.63) is 40.9 Å². The minimum atomic E-state index is -0.133. The fraction of sp³-hybridized carbons (Fsp3) is 0.312. The van der Waals surface area contributed by atoms with Gasteiger partial charge in [-0.25, -0.2) is 0 Å². The van der Waals surface area contributed by atoms with Gasteiger partial charge in [0, 0.05) is 17.1 Å². The maximum atomic E-state index is 11.6. The van der Waals surface area contributed by atoms with Crippen molar-refractivity contribution < 1.29 is 9.53 Å². The zero-order chi connectivity index (χ0) is 15.2. The lowest BCUT2D eigenvalue weighted by molar-refractivity contribution is -0.123. The van der Waals surface area contributed by atoms with Crippen LogP contribution in [-0.2, 0) is 4.79 Å². The van der Waals surface area contributed by atoms with Crippen LogP contribution < -0.4 is 15.8 Å². The third-order valence-corrected chi connectivity index (χ3v) is 3.56. The Balaban J connectivity index is 1.88. The Kier molecular flexibility index (Phi) is 5.59. The molecule has 1 atom stereocenters. The summed E-state index contributed by atoms with van der Waals surface area (Å²) in [7, 11) is 0. The van der Waals surface area contributed by atoms with Gasteiger partial charge in [0.2, 0.25) is 0 Å². The van der Waals surface area contributed by atoms with Crippen LogP contribution in [0.2, 0.25) is 0 Å². The number of rotatable bonds is 6. The van der Waals surface area contributed by atoms with E-state index in [0.717, 1.165) is 21.7 Å². The Bertz CT molecular complexity index is 629. The van der Waals surface area contributed by atoms with Crippen molar-refractivity contribution in [1.82, 2.24) is 5.32 Å². The molecule has 3 N–H and O–H groups in total. The smallest absolute Gasteiger partial charge is 0.257 e. The minimum Gasteiger partial charge on any atom is -0.484 e. The molecule has 112 valence electrons. The lowest BCUT2D eigenvalue weighted by atomic mass is 10.1. The van der Waals surface area contributed by atoms with E-state index in [-0.39, 0.29) is 18.6 Å². The first-order chi connectivity index (χ1) is 10.0. The second-order valence-electron chi connectivity index (χ2n) is 5.06. The van der Waals surface area contributed by atoms with Gasteiger partial charge in [0.15, 0.2) is 6.61 Å². The van der Waals surface area contributed by atoms with Gasteiger partial charge in [0.25, 0.3) is 5.91 Å². The van der Waals surface area contributed by atoms with Crippen LogP contribution in [0.25, 0.3) is 10.8 Å². The number of carbonyl (C=O) groups excluding carboxylic acids is 1. The standard InChI is InChI=1S/C16H19BrN2O2/c1-11(18)6-7-19-16(20)10-21-15-5-3-12-8-14(17)4-2-13(12)9-15/h2-5,8-9,11H,6-7,10,18H2,1H3,(H,19,20). The van der Waals surface area contributed by atoms with Gasteiger partial charge in [-0.05, 0) is 48.4 Å². The fourth-order valence-corrected chi connectivity index (χ4v) is 2.30. The highest BCUT2D eigenvalue weighted by atomic mass is 79.9. The maximum Gasteiger partial charge on any atom is 0.257 e. The topological polar surface area (TPSA) is 64.3 Å². The summed E-state index contributed by atoms with van der Waals surface area (Å²) in [5.41, 5.74) is 5.62. The first-order valence-electron chi connectivity index (χ1n) is 6.89. The molecule has 4 nitrogen and oxygen atoms in total. The Morgan fingerprint density at radius 2 is 2.00 bits per heavy atom. The highest BCUT2D eigenvalue weighted by molar-refractivity contribution is 9.10. The second-order valence-corrected chi connectivity index (χ2v) is 5.97. The van der Waals surface area contributed by atoms with Gasteiger partial charge in [0.1, 0.15) is 5.75 Å². The van der Waals surface area contributed by atoms with Crippen molar-refractivity contribution in [3.8, 4) is 5.75 Å². The number of ether oxygens (including phenoxy) is 1. The summed E-state index contributed by atoms with van der Waals surface area (Å²) in [5.74, 6) is 0.554. The number of nitrogens with one attached hydrogen (secondary N) is 1. The van der Waals surface area contributed by atoms with E-state index in [9.17, 15) is 4.79 Å². The number of halogens is 1. The molecule has 2 rings (SSSR count). The van der Waals surface area contributed by atoms with Crippen LogP contribution in [0, 0.1) is 0 Å². The van der Waals surface area contributed by atoms with E-state index in [4.69, 9.17) is 10.5 Å². The first kappa shape index (κ1) is 15.8. The van der Waals surface area contributed by atoms with Gasteiger partial charge in [-0.1, -0.05) is 28.1 Å². The number of fused-ring (bicyclic) bond motifs is 1. The normalized spacial score (nSPS) is 12.1. The van der Waals surface area contributed by atoms with E-state index >= 15 is 0 Å². The van der Waals surface area contributed by atoms with Gasteiger partial charge in [-0.15, -0.1) is 0 Å². The molecule has 0 fully saturated rings. The van der Waals surface area contributed by atoms with Gasteiger partial charge in [0.05, 0.1) is 0 Å². The number of amides is 1. The molecule has 21 heavy (non-hydrogen) atoms. The number of hydrogen-bond acceptors (Lipinski definition) is 3. The van der Waals surface area contributed by atoms with Crippen molar-refractivity contribution in [2.45, 2.75) is 19.4 Å². The molecule has 0 spiro atoms. The van der Waals surface area contributed by atoms with Crippen molar-refractivity contribution in [2.24, 2.45) is 5.73 Å². The molecule has 2 aromatic rings. The van der Waals surface area contributed by atoms with Crippen LogP contribution in [0.15, 0.2) is 40.9 Å². The monoisotopic (exact) mass is 350 g/mol. The summed E-state index contributed by atoms with van der Waals surface area (Å²) < 4.78 is 6.55. The van der Waals surface area contributed by atoms with Crippen LogP contribution in [0.4, 0.5) is 0 Å². The van der Waals surface area contributed by atoms with Crippen LogP contribution in [0.1, 0.15) is 13.3 Å². The number of carbonyl (C=O) groups is 1. The maximum absolute atomic E-state index is 11.6. The Morgan fingerprint density at radius 1 is 1.29 bits per heavy atom. The molecular weight excluding hydrogens is 332 g/mol. The Hall–Kier alpha value is -1.59. The molecule has 0 radical (unpaired) electrons. The highest BCUT2D eigenvalue weighted by Crippen LogP contribution is 2.24. The van der Waals surface area contributed by atoms with Gasteiger partial charge in [-0.2, -0.15) is 0 Å². The largest absolute Gasteiger partial charge is 0.484 e. The van der Waals surface area contributed by atoms with Crippen LogP contribution >= 0.6 is 15.9 Å². The van der Waals surface area contributed by atoms with E-state index in [0.29, 0.717) is 12.3 Å². The average molecular weight is 351 g/mol. The minimum absolute atomic E-state index is 0.0149. The molecule has 0 bridgehead atoms. The zero-order valence-electron chi connectivity index (χ0n) is 11.9. The predicted octanol–water partition coefficient (Wildman–Crippen LogP) is 2.83. The number of benzene rings is 2. The molecule has 0 aromatic heterocycles. The molecule has 0 aliphatic heterocycles. The lowest BCUT2D eigenvalue weighted by Crippen LogP contribution is -2.32. The first-order valence-corrected chi connectivity index (χ1v) is 7.68. The van der Waals surface area contributed by atoms with E-state index in [2.05, 4.69) is 21.2 Å². The average Bonchev–Trinajstić information content (AvgIpc) is 2.44. The molecule has 0 aliphatic rings. The Labute approximate surface area is 132 Å². The van der Waals surface area contributed by atoms with Crippen molar-refractivity contribution in [3.63, 3.8) is 0 Å². The third kappa shape index (κ3) is 5.02. The molecule has 0 saturated carbocycles. The summed E-state index contributed by atoms with van der Waals surface area (Å²) in [5, 5.41) is 4.98. The molecule has 0 heterocycles. The molecule has 5 heteroatoms. The van der Waals surface area contributed by atoms with Gasteiger partial charge >= 0.3 is 0 Å². The zero-order valence-corrected chi connectivity index (χ0v) is 13.5. The van der Waals surface area contributed by atoms with E-state index in [1.54, 1.807) is 0 Å². The molecular formula is C16H19BrN2O2. The molecule has 2 aromatic carbocycles. The summed E-state index contributed by atoms with van der Waals surface area (Å²) in [6.45, 7) is 2.50. The molecule has 0 saturated heterocycles. The van der Waals surface area contributed by atoms with Gasteiger partial charge < -0.3 is 15.8 Å². The van der Waals surface area contributed by atoms with Crippen LogP contribution in [0.3, 0.4) is 0 Å². The third-order valence-electron chi connectivity index (χ3n) is 3.07. The summed E-state index contributed by atoms with van der Waals surface area (Å²) in [4.78, 5) is 11.6. The fourth-order valence-electron chi connectivity index (χ4n) is 1.92. The van der Waals surface area contributed by atoms with Crippen LogP contribution in [0.5, 0.6) is 5.75 Å². The lowest BCUT2D eigenvalue weighted by Gasteiger charge is -2.09. The highest BCUT2D eigenvalue weighted by Gasteiger charge is 2.04. The van der Waals surface area contributed by atoms with Crippen molar-refractivity contribution >= 4 is 32.6 Å². The van der Waals surface area contributed by atoms with Gasteiger partial charge in [-0.3, -0.25) is 4.79 Å².